The second-order valence-electron chi connectivity index (χ2n) is 4.76. The summed E-state index contributed by atoms with van der Waals surface area (Å²) in [5, 5.41) is 0. The van der Waals surface area contributed by atoms with Crippen LogP contribution in [0.2, 0.25) is 0 Å². The Hall–Kier alpha value is -2.04. The Morgan fingerprint density at radius 3 is 2.67 bits per heavy atom. The molecule has 0 saturated carbocycles. The van der Waals surface area contributed by atoms with Gasteiger partial charge in [0.05, 0.1) is 19.8 Å². The van der Waals surface area contributed by atoms with Crippen molar-refractivity contribution in [2.45, 2.75) is 19.4 Å². The first-order valence-corrected chi connectivity index (χ1v) is 7.12. The summed E-state index contributed by atoms with van der Waals surface area (Å²) in [6.07, 6.45) is 0.966. The number of hydrogen-bond donors (Lipinski definition) is 2. The number of hydrogen-bond acceptors (Lipinski definition) is 4. The molecule has 0 aromatic heterocycles. The molecule has 3 N–H and O–H groups in total. The molecule has 0 amide bonds. The molecule has 1 atom stereocenters. The summed E-state index contributed by atoms with van der Waals surface area (Å²) in [5.74, 6) is 7.44. The van der Waals surface area contributed by atoms with Crippen molar-refractivity contribution < 1.29 is 9.47 Å². The molecule has 21 heavy (non-hydrogen) atoms. The summed E-state index contributed by atoms with van der Waals surface area (Å²) in [5.41, 5.74) is 4.91. The second kappa shape index (κ2) is 7.67. The van der Waals surface area contributed by atoms with E-state index >= 15 is 0 Å². The van der Waals surface area contributed by atoms with Gasteiger partial charge < -0.3 is 9.47 Å². The number of nitrogens with one attached hydrogen (secondary N) is 1. The van der Waals surface area contributed by atoms with E-state index < -0.39 is 0 Å². The van der Waals surface area contributed by atoms with Crippen LogP contribution in [0.3, 0.4) is 0 Å². The highest BCUT2D eigenvalue weighted by molar-refractivity contribution is 5.43. The molecular formula is C17H22N2O2. The van der Waals surface area contributed by atoms with Gasteiger partial charge in [-0.15, -0.1) is 0 Å². The second-order valence-corrected chi connectivity index (χ2v) is 4.76. The molecule has 4 heteroatoms. The fraction of sp³-hybridized carbons (Fsp3) is 0.294. The Bertz CT molecular complexity index is 572. The summed E-state index contributed by atoms with van der Waals surface area (Å²) in [6, 6.07) is 15.7. The molecule has 0 bridgehead atoms. The predicted molar refractivity (Wildman–Crippen MR) is 84.4 cm³/mol. The van der Waals surface area contributed by atoms with E-state index in [0.717, 1.165) is 29.0 Å². The van der Waals surface area contributed by atoms with Crippen LogP contribution in [0, 0.1) is 0 Å². The van der Waals surface area contributed by atoms with Gasteiger partial charge in [-0.2, -0.15) is 0 Å². The molecule has 0 spiro atoms. The first-order valence-electron chi connectivity index (χ1n) is 7.12. The van der Waals surface area contributed by atoms with Crippen molar-refractivity contribution in [1.82, 2.24) is 5.43 Å². The molecule has 0 aliphatic heterocycles. The molecule has 0 saturated heterocycles. The van der Waals surface area contributed by atoms with Gasteiger partial charge in [0.15, 0.2) is 0 Å². The van der Waals surface area contributed by atoms with Crippen LogP contribution in [0.5, 0.6) is 11.5 Å². The first kappa shape index (κ1) is 15.4. The van der Waals surface area contributed by atoms with Gasteiger partial charge in [-0.1, -0.05) is 37.3 Å². The number of benzene rings is 2. The number of para-hydroxylation sites is 1. The highest BCUT2D eigenvalue weighted by Gasteiger charge is 2.17. The van der Waals surface area contributed by atoms with Crippen LogP contribution in [-0.2, 0) is 0 Å². The monoisotopic (exact) mass is 286 g/mol. The Balaban J connectivity index is 2.36. The van der Waals surface area contributed by atoms with Crippen LogP contribution in [0.4, 0.5) is 0 Å². The zero-order valence-electron chi connectivity index (χ0n) is 12.5. The highest BCUT2D eigenvalue weighted by atomic mass is 16.5. The Morgan fingerprint density at radius 2 is 1.95 bits per heavy atom. The average Bonchev–Trinajstić information content (AvgIpc) is 2.55. The van der Waals surface area contributed by atoms with Gasteiger partial charge in [-0.05, 0) is 30.2 Å². The van der Waals surface area contributed by atoms with Crippen LogP contribution in [0.15, 0.2) is 48.5 Å². The SMILES string of the molecule is CCCOc1ccccc1C(NN)c1cccc(OC)c1. The minimum Gasteiger partial charge on any atom is -0.497 e. The number of ether oxygens (including phenoxy) is 2. The largest absolute Gasteiger partial charge is 0.497 e. The fourth-order valence-corrected chi connectivity index (χ4v) is 2.25. The molecule has 112 valence electrons. The lowest BCUT2D eigenvalue weighted by Crippen LogP contribution is -2.29. The normalized spacial score (nSPS) is 12.0. The van der Waals surface area contributed by atoms with E-state index in [-0.39, 0.29) is 6.04 Å². The van der Waals surface area contributed by atoms with Gasteiger partial charge >= 0.3 is 0 Å². The number of rotatable bonds is 7. The first-order chi connectivity index (χ1) is 10.3. The third-order valence-corrected chi connectivity index (χ3v) is 3.29. The Labute approximate surface area is 125 Å². The summed E-state index contributed by atoms with van der Waals surface area (Å²) >= 11 is 0. The molecule has 0 radical (unpaired) electrons. The molecule has 0 fully saturated rings. The van der Waals surface area contributed by atoms with Crippen molar-refractivity contribution in [2.75, 3.05) is 13.7 Å². The van der Waals surface area contributed by atoms with Gasteiger partial charge in [-0.3, -0.25) is 5.84 Å². The molecule has 4 nitrogen and oxygen atoms in total. The van der Waals surface area contributed by atoms with Crippen LogP contribution < -0.4 is 20.7 Å². The van der Waals surface area contributed by atoms with Crippen molar-refractivity contribution in [3.05, 3.63) is 59.7 Å². The molecule has 2 rings (SSSR count). The van der Waals surface area contributed by atoms with Crippen LogP contribution in [0.25, 0.3) is 0 Å². The van der Waals surface area contributed by atoms with Crippen molar-refractivity contribution >= 4 is 0 Å². The van der Waals surface area contributed by atoms with E-state index in [4.69, 9.17) is 15.3 Å². The quantitative estimate of drug-likeness (QED) is 0.607. The van der Waals surface area contributed by atoms with Crippen molar-refractivity contribution in [3.63, 3.8) is 0 Å². The van der Waals surface area contributed by atoms with E-state index in [2.05, 4.69) is 12.3 Å². The van der Waals surface area contributed by atoms with Crippen molar-refractivity contribution in [1.29, 1.82) is 0 Å². The highest BCUT2D eigenvalue weighted by Crippen LogP contribution is 2.31. The van der Waals surface area contributed by atoms with Gasteiger partial charge in [0.25, 0.3) is 0 Å². The Morgan fingerprint density at radius 1 is 1.14 bits per heavy atom. The topological polar surface area (TPSA) is 56.5 Å². The summed E-state index contributed by atoms with van der Waals surface area (Å²) in [6.45, 7) is 2.77. The maximum atomic E-state index is 5.82. The number of hydrazine groups is 1. The third-order valence-electron chi connectivity index (χ3n) is 3.29. The zero-order valence-corrected chi connectivity index (χ0v) is 12.5. The van der Waals surface area contributed by atoms with Crippen LogP contribution in [0.1, 0.15) is 30.5 Å². The maximum Gasteiger partial charge on any atom is 0.124 e. The smallest absolute Gasteiger partial charge is 0.124 e. The molecule has 0 aliphatic carbocycles. The molecular weight excluding hydrogens is 264 g/mol. The maximum absolute atomic E-state index is 5.82. The molecule has 0 aliphatic rings. The fourth-order valence-electron chi connectivity index (χ4n) is 2.25. The lowest BCUT2D eigenvalue weighted by atomic mass is 9.98. The van der Waals surface area contributed by atoms with Gasteiger partial charge in [0.1, 0.15) is 11.5 Å². The predicted octanol–water partition coefficient (Wildman–Crippen LogP) is 3.04. The summed E-state index contributed by atoms with van der Waals surface area (Å²) in [7, 11) is 1.66. The summed E-state index contributed by atoms with van der Waals surface area (Å²) in [4.78, 5) is 0. The van der Waals surface area contributed by atoms with Crippen LogP contribution >= 0.6 is 0 Å². The molecule has 0 heterocycles. The summed E-state index contributed by atoms with van der Waals surface area (Å²) < 4.78 is 11.1. The van der Waals surface area contributed by atoms with E-state index in [0.29, 0.717) is 6.61 Å². The van der Waals surface area contributed by atoms with Crippen molar-refractivity contribution in [3.8, 4) is 11.5 Å². The average molecular weight is 286 g/mol. The zero-order chi connectivity index (χ0) is 15.1. The number of methoxy groups -OCH3 is 1. The third kappa shape index (κ3) is 3.74. The van der Waals surface area contributed by atoms with Crippen LogP contribution in [-0.4, -0.2) is 13.7 Å². The van der Waals surface area contributed by atoms with Gasteiger partial charge in [0, 0.05) is 5.56 Å². The van der Waals surface area contributed by atoms with Gasteiger partial charge in [-0.25, -0.2) is 5.43 Å². The number of nitrogens with two attached hydrogens (primary N) is 1. The minimum absolute atomic E-state index is 0.145. The standard InChI is InChI=1S/C17H22N2O2/c1-3-11-21-16-10-5-4-9-15(16)17(19-18)13-7-6-8-14(12-13)20-2/h4-10,12,17,19H,3,11,18H2,1-2H3. The molecule has 2 aromatic carbocycles. The van der Waals surface area contributed by atoms with E-state index in [1.165, 1.54) is 0 Å². The van der Waals surface area contributed by atoms with Gasteiger partial charge in [0.2, 0.25) is 0 Å². The van der Waals surface area contributed by atoms with E-state index in [1.807, 2.05) is 48.5 Å². The van der Waals surface area contributed by atoms with Crippen molar-refractivity contribution in [2.24, 2.45) is 5.84 Å². The Kier molecular flexibility index (Phi) is 5.60. The molecule has 2 aromatic rings. The minimum atomic E-state index is -0.145. The van der Waals surface area contributed by atoms with E-state index in [1.54, 1.807) is 7.11 Å². The molecule has 1 unspecified atom stereocenters. The lowest BCUT2D eigenvalue weighted by molar-refractivity contribution is 0.311. The lowest BCUT2D eigenvalue weighted by Gasteiger charge is -2.20. The van der Waals surface area contributed by atoms with E-state index in [9.17, 15) is 0 Å².